The predicted molar refractivity (Wildman–Crippen MR) is 67.9 cm³/mol. The average Bonchev–Trinajstić information content (AvgIpc) is 2.42. The van der Waals surface area contributed by atoms with Crippen LogP contribution in [0.2, 0.25) is 0 Å². The molecule has 106 valence electrons. The van der Waals surface area contributed by atoms with E-state index in [-0.39, 0.29) is 12.4 Å². The molecule has 0 aliphatic carbocycles. The number of carbonyl (C=O) groups excluding carboxylic acids is 1. The maximum atomic E-state index is 12.6. The molecular weight excluding hydrogens is 271 g/mol. The highest BCUT2D eigenvalue weighted by Gasteiger charge is 2.41. The Morgan fingerprint density at radius 3 is 2.65 bits per heavy atom. The number of Topliss-reactive ketones (excluding diaryl/α,β-unsaturated/α-hetero) is 1. The number of halogens is 3. The van der Waals surface area contributed by atoms with Gasteiger partial charge in [0.1, 0.15) is 5.75 Å². The van der Waals surface area contributed by atoms with E-state index in [9.17, 15) is 18.0 Å². The van der Waals surface area contributed by atoms with E-state index in [0.29, 0.717) is 17.3 Å². The number of hydrogen-bond donors (Lipinski definition) is 0. The predicted octanol–water partition coefficient (Wildman–Crippen LogP) is 3.77. The molecular formula is C14H12F3NO2. The van der Waals surface area contributed by atoms with E-state index < -0.39 is 17.5 Å². The van der Waals surface area contributed by atoms with Crippen molar-refractivity contribution >= 4 is 16.7 Å². The second-order valence-corrected chi connectivity index (χ2v) is 4.19. The van der Waals surface area contributed by atoms with E-state index >= 15 is 0 Å². The molecule has 20 heavy (non-hydrogen) atoms. The van der Waals surface area contributed by atoms with Crippen molar-refractivity contribution in [3.63, 3.8) is 0 Å². The van der Waals surface area contributed by atoms with Crippen LogP contribution in [0.25, 0.3) is 10.9 Å². The number of ether oxygens (including phenoxy) is 1. The number of rotatable bonds is 4. The summed E-state index contributed by atoms with van der Waals surface area (Å²) in [6.45, 7) is 2.06. The highest BCUT2D eigenvalue weighted by Crippen LogP contribution is 2.32. The molecule has 1 aromatic heterocycles. The lowest BCUT2D eigenvalue weighted by molar-refractivity contribution is -0.0886. The van der Waals surface area contributed by atoms with E-state index in [1.165, 1.54) is 0 Å². The molecule has 0 atom stereocenters. The number of benzene rings is 1. The number of pyridine rings is 1. The molecule has 0 aliphatic heterocycles. The fourth-order valence-electron chi connectivity index (χ4n) is 1.79. The number of ketones is 1. The summed E-state index contributed by atoms with van der Waals surface area (Å²) in [7, 11) is 0. The number of hydrogen-bond acceptors (Lipinski definition) is 3. The number of para-hydroxylation sites is 1. The van der Waals surface area contributed by atoms with E-state index in [2.05, 4.69) is 4.98 Å². The Labute approximate surface area is 113 Å². The van der Waals surface area contributed by atoms with E-state index in [1.807, 2.05) is 6.92 Å². The molecule has 0 saturated heterocycles. The van der Waals surface area contributed by atoms with Crippen molar-refractivity contribution in [2.75, 3.05) is 6.61 Å². The van der Waals surface area contributed by atoms with Gasteiger partial charge in [0.05, 0.1) is 17.7 Å². The monoisotopic (exact) mass is 283 g/mol. The van der Waals surface area contributed by atoms with Gasteiger partial charge in [-0.05, 0) is 18.6 Å². The first kappa shape index (κ1) is 14.3. The first-order chi connectivity index (χ1) is 9.45. The third kappa shape index (κ3) is 2.74. The highest BCUT2D eigenvalue weighted by molar-refractivity contribution is 6.06. The summed E-state index contributed by atoms with van der Waals surface area (Å²) >= 11 is 0. The topological polar surface area (TPSA) is 39.2 Å². The van der Waals surface area contributed by atoms with Crippen molar-refractivity contribution in [1.82, 2.24) is 4.98 Å². The zero-order chi connectivity index (χ0) is 14.8. The number of carbonyl (C=O) groups is 1. The first-order valence-corrected chi connectivity index (χ1v) is 6.07. The molecule has 1 aromatic carbocycles. The van der Waals surface area contributed by atoms with Crippen LogP contribution in [0.1, 0.15) is 23.7 Å². The van der Waals surface area contributed by atoms with Gasteiger partial charge < -0.3 is 4.74 Å². The van der Waals surface area contributed by atoms with Gasteiger partial charge in [0.25, 0.3) is 5.78 Å². The zero-order valence-electron chi connectivity index (χ0n) is 10.7. The van der Waals surface area contributed by atoms with Gasteiger partial charge in [0.2, 0.25) is 0 Å². The third-order valence-corrected chi connectivity index (χ3v) is 2.68. The Morgan fingerprint density at radius 2 is 2.00 bits per heavy atom. The maximum Gasteiger partial charge on any atom is 0.455 e. The lowest BCUT2D eigenvalue weighted by Crippen LogP contribution is -2.23. The van der Waals surface area contributed by atoms with Gasteiger partial charge in [-0.15, -0.1) is 0 Å². The van der Waals surface area contributed by atoms with Crippen LogP contribution < -0.4 is 4.74 Å². The van der Waals surface area contributed by atoms with E-state index in [0.717, 1.165) is 6.20 Å². The van der Waals surface area contributed by atoms with Crippen LogP contribution in [0, 0.1) is 0 Å². The summed E-state index contributed by atoms with van der Waals surface area (Å²) < 4.78 is 43.2. The van der Waals surface area contributed by atoms with Crippen molar-refractivity contribution in [2.24, 2.45) is 0 Å². The Hall–Kier alpha value is -2.11. The Bertz CT molecular complexity index is 638. The molecule has 0 amide bonds. The molecule has 3 nitrogen and oxygen atoms in total. The lowest BCUT2D eigenvalue weighted by Gasteiger charge is -2.13. The van der Waals surface area contributed by atoms with Gasteiger partial charge in [-0.3, -0.25) is 9.78 Å². The average molecular weight is 283 g/mol. The summed E-state index contributed by atoms with van der Waals surface area (Å²) in [5.41, 5.74) is -0.0676. The summed E-state index contributed by atoms with van der Waals surface area (Å²) in [5, 5.41) is 0.399. The number of alkyl halides is 3. The molecule has 0 N–H and O–H groups in total. The molecule has 0 unspecified atom stereocenters. The summed E-state index contributed by atoms with van der Waals surface area (Å²) in [6, 6.07) is 6.60. The van der Waals surface area contributed by atoms with E-state index in [1.54, 1.807) is 24.3 Å². The minimum Gasteiger partial charge on any atom is -0.492 e. The van der Waals surface area contributed by atoms with Gasteiger partial charge in [-0.2, -0.15) is 13.2 Å². The molecule has 0 saturated carbocycles. The Balaban J connectivity index is 2.61. The van der Waals surface area contributed by atoms with Crippen LogP contribution >= 0.6 is 0 Å². The van der Waals surface area contributed by atoms with Gasteiger partial charge in [-0.25, -0.2) is 0 Å². The Kier molecular flexibility index (Phi) is 3.92. The van der Waals surface area contributed by atoms with Crippen molar-refractivity contribution in [3.05, 3.63) is 36.0 Å². The second kappa shape index (κ2) is 5.48. The van der Waals surface area contributed by atoms with Crippen LogP contribution in [-0.2, 0) is 0 Å². The van der Waals surface area contributed by atoms with Crippen LogP contribution in [0.15, 0.2) is 30.5 Å². The molecule has 6 heteroatoms. The number of fused-ring (bicyclic) bond motifs is 1. The minimum absolute atomic E-state index is 0.0558. The largest absolute Gasteiger partial charge is 0.492 e. The van der Waals surface area contributed by atoms with Gasteiger partial charge in [-0.1, -0.05) is 19.1 Å². The van der Waals surface area contributed by atoms with Crippen molar-refractivity contribution in [1.29, 1.82) is 0 Å². The fraction of sp³-hybridized carbons (Fsp3) is 0.286. The molecule has 2 rings (SSSR count). The van der Waals surface area contributed by atoms with Gasteiger partial charge in [0.15, 0.2) is 0 Å². The molecule has 0 spiro atoms. The quantitative estimate of drug-likeness (QED) is 0.802. The van der Waals surface area contributed by atoms with Crippen molar-refractivity contribution in [3.8, 4) is 5.75 Å². The van der Waals surface area contributed by atoms with Crippen LogP contribution in [0.3, 0.4) is 0 Å². The third-order valence-electron chi connectivity index (χ3n) is 2.68. The normalized spacial score (nSPS) is 11.6. The lowest BCUT2D eigenvalue weighted by atomic mass is 10.1. The highest BCUT2D eigenvalue weighted by atomic mass is 19.4. The van der Waals surface area contributed by atoms with E-state index in [4.69, 9.17) is 4.74 Å². The molecule has 1 heterocycles. The molecule has 0 bridgehead atoms. The van der Waals surface area contributed by atoms with Crippen LogP contribution in [0.4, 0.5) is 13.2 Å². The van der Waals surface area contributed by atoms with Gasteiger partial charge >= 0.3 is 6.18 Å². The summed E-state index contributed by atoms with van der Waals surface area (Å²) in [5.74, 6) is -2.00. The Morgan fingerprint density at radius 1 is 1.30 bits per heavy atom. The van der Waals surface area contributed by atoms with Crippen LogP contribution in [-0.4, -0.2) is 23.6 Å². The van der Waals surface area contributed by atoms with Crippen molar-refractivity contribution in [2.45, 2.75) is 19.5 Å². The summed E-state index contributed by atoms with van der Waals surface area (Å²) in [6.07, 6.45) is -3.41. The SMILES string of the molecule is CCCOc1c(C(=O)C(F)(F)F)cnc2ccccc12. The van der Waals surface area contributed by atoms with Gasteiger partial charge in [0, 0.05) is 11.6 Å². The molecule has 0 fully saturated rings. The number of aromatic nitrogens is 1. The molecule has 0 aliphatic rings. The van der Waals surface area contributed by atoms with Crippen LogP contribution in [0.5, 0.6) is 5.75 Å². The fourth-order valence-corrected chi connectivity index (χ4v) is 1.79. The molecule has 0 radical (unpaired) electrons. The van der Waals surface area contributed by atoms with Crippen molar-refractivity contribution < 1.29 is 22.7 Å². The standard InChI is InChI=1S/C14H12F3NO2/c1-2-7-20-12-9-5-3-4-6-11(9)18-8-10(12)13(19)14(15,16)17/h3-6,8H,2,7H2,1H3. The smallest absolute Gasteiger partial charge is 0.455 e. The zero-order valence-corrected chi connectivity index (χ0v) is 10.7. The first-order valence-electron chi connectivity index (χ1n) is 6.07. The second-order valence-electron chi connectivity index (χ2n) is 4.19. The maximum absolute atomic E-state index is 12.6. The number of nitrogens with zero attached hydrogens (tertiary/aromatic N) is 1. The minimum atomic E-state index is -4.95. The molecule has 2 aromatic rings. The summed E-state index contributed by atoms with van der Waals surface area (Å²) in [4.78, 5) is 15.3.